The van der Waals surface area contributed by atoms with Crippen molar-refractivity contribution in [3.8, 4) is 0 Å². The number of ether oxygens (including phenoxy) is 1. The van der Waals surface area contributed by atoms with E-state index < -0.39 is 11.5 Å². The second-order valence-electron chi connectivity index (χ2n) is 9.20. The molecule has 1 aliphatic carbocycles. The Morgan fingerprint density at radius 3 is 2.56 bits per heavy atom. The first-order chi connectivity index (χ1) is 16.4. The molecule has 0 bridgehead atoms. The van der Waals surface area contributed by atoms with Crippen LogP contribution in [0, 0.1) is 0 Å². The minimum atomic E-state index is -1.10. The first-order valence-corrected chi connectivity index (χ1v) is 13.0. The molecule has 1 aromatic carbocycles. The number of imidazole rings is 1. The Morgan fingerprint density at radius 1 is 1.21 bits per heavy atom. The molecule has 9 heteroatoms. The zero-order chi connectivity index (χ0) is 24.3. The van der Waals surface area contributed by atoms with Crippen molar-refractivity contribution in [3.05, 3.63) is 47.5 Å². The van der Waals surface area contributed by atoms with Gasteiger partial charge in [0.05, 0.1) is 20.0 Å². The van der Waals surface area contributed by atoms with Gasteiger partial charge in [0.15, 0.2) is 5.69 Å². The molecule has 0 radical (unpaired) electrons. The maximum absolute atomic E-state index is 13.7. The predicted octanol–water partition coefficient (Wildman–Crippen LogP) is 3.30. The Bertz CT molecular complexity index is 1060. The van der Waals surface area contributed by atoms with E-state index in [2.05, 4.69) is 22.4 Å². The number of amides is 2. The van der Waals surface area contributed by atoms with Crippen molar-refractivity contribution in [1.82, 2.24) is 19.8 Å². The number of fused-ring (bicyclic) bond motifs is 1. The number of thioether (sulfide) groups is 1. The first kappa shape index (κ1) is 24.3. The number of carbonyl (C=O) groups excluding carboxylic acids is 3. The molecule has 1 unspecified atom stereocenters. The van der Waals surface area contributed by atoms with Gasteiger partial charge in [-0.3, -0.25) is 9.59 Å². The fourth-order valence-corrected chi connectivity index (χ4v) is 5.31. The number of hydrogen-bond donors (Lipinski definition) is 1. The van der Waals surface area contributed by atoms with Gasteiger partial charge in [0.2, 0.25) is 5.91 Å². The van der Waals surface area contributed by atoms with E-state index in [1.165, 1.54) is 24.8 Å². The highest BCUT2D eigenvalue weighted by Crippen LogP contribution is 2.30. The van der Waals surface area contributed by atoms with Gasteiger partial charge in [0, 0.05) is 17.5 Å². The summed E-state index contributed by atoms with van der Waals surface area (Å²) in [7, 11) is 1.26. The molecule has 0 saturated heterocycles. The van der Waals surface area contributed by atoms with E-state index in [-0.39, 0.29) is 35.8 Å². The van der Waals surface area contributed by atoms with Gasteiger partial charge in [-0.05, 0) is 50.1 Å². The fraction of sp³-hybridized carbons (Fsp3) is 0.520. The van der Waals surface area contributed by atoms with Crippen LogP contribution in [0.1, 0.15) is 65.6 Å². The second kappa shape index (κ2) is 10.2. The van der Waals surface area contributed by atoms with Gasteiger partial charge in [0.1, 0.15) is 11.2 Å². The number of rotatable bonds is 7. The van der Waals surface area contributed by atoms with Gasteiger partial charge in [-0.1, -0.05) is 31.4 Å². The molecule has 1 saturated carbocycles. The summed E-state index contributed by atoms with van der Waals surface area (Å²) in [6.45, 7) is 2.38. The van der Waals surface area contributed by atoms with Crippen LogP contribution in [0.2, 0.25) is 0 Å². The van der Waals surface area contributed by atoms with Gasteiger partial charge < -0.3 is 19.5 Å². The van der Waals surface area contributed by atoms with Crippen molar-refractivity contribution >= 4 is 29.5 Å². The lowest BCUT2D eigenvalue weighted by Gasteiger charge is -2.44. The molecule has 8 nitrogen and oxygen atoms in total. The van der Waals surface area contributed by atoms with Crippen molar-refractivity contribution in [2.24, 2.45) is 0 Å². The fourth-order valence-electron chi connectivity index (χ4n) is 4.91. The van der Waals surface area contributed by atoms with Crippen LogP contribution >= 0.6 is 11.8 Å². The Balaban J connectivity index is 1.63. The molecule has 0 spiro atoms. The molecule has 1 atom stereocenters. The van der Waals surface area contributed by atoms with Gasteiger partial charge >= 0.3 is 5.97 Å². The average Bonchev–Trinajstić information content (AvgIpc) is 3.28. The monoisotopic (exact) mass is 484 g/mol. The Kier molecular flexibility index (Phi) is 7.30. The number of esters is 1. The number of hydrogen-bond acceptors (Lipinski definition) is 6. The summed E-state index contributed by atoms with van der Waals surface area (Å²) in [5.41, 5.74) is 0.131. The highest BCUT2D eigenvalue weighted by Gasteiger charge is 2.49. The summed E-state index contributed by atoms with van der Waals surface area (Å²) in [6, 6.07) is 8.33. The Hall–Kier alpha value is -2.81. The van der Waals surface area contributed by atoms with Crippen molar-refractivity contribution < 1.29 is 19.1 Å². The summed E-state index contributed by atoms with van der Waals surface area (Å²) in [5, 5.41) is 3.20. The van der Waals surface area contributed by atoms with E-state index in [9.17, 15) is 14.4 Å². The molecule has 4 rings (SSSR count). The lowest BCUT2D eigenvalue weighted by Crippen LogP contribution is -2.65. The normalized spacial score (nSPS) is 20.7. The lowest BCUT2D eigenvalue weighted by atomic mass is 9.91. The second-order valence-corrected chi connectivity index (χ2v) is 10.1. The number of methoxy groups -OCH3 is 1. The van der Waals surface area contributed by atoms with E-state index in [4.69, 9.17) is 4.74 Å². The van der Waals surface area contributed by atoms with E-state index in [0.717, 1.165) is 31.2 Å². The number of carbonyl (C=O) groups is 3. The van der Waals surface area contributed by atoms with E-state index in [1.54, 1.807) is 28.2 Å². The summed E-state index contributed by atoms with van der Waals surface area (Å²) in [6.07, 6.45) is 9.38. The smallest absolute Gasteiger partial charge is 0.359 e. The standard InChI is InChI=1S/C25H32N4O4S/c1-25(24(32)27-18-7-5-4-6-8-18)15-28-16-26-20(23(31)33-2)21(28)22(30)29(25)14-13-17-9-11-19(34-3)12-10-17/h9-12,16,18H,4-8,13-15H2,1-3H3,(H,27,32). The van der Waals surface area contributed by atoms with Gasteiger partial charge in [-0.25, -0.2) is 9.78 Å². The largest absolute Gasteiger partial charge is 0.464 e. The van der Waals surface area contributed by atoms with Crippen LogP contribution in [0.25, 0.3) is 0 Å². The van der Waals surface area contributed by atoms with Crippen LogP contribution < -0.4 is 5.32 Å². The number of benzene rings is 1. The van der Waals surface area contributed by atoms with Crippen LogP contribution in [0.15, 0.2) is 35.5 Å². The average molecular weight is 485 g/mol. The summed E-state index contributed by atoms with van der Waals surface area (Å²) in [5.74, 6) is -1.21. The van der Waals surface area contributed by atoms with Crippen molar-refractivity contribution in [2.45, 2.75) is 68.5 Å². The maximum atomic E-state index is 13.7. The van der Waals surface area contributed by atoms with Crippen LogP contribution in [0.3, 0.4) is 0 Å². The minimum Gasteiger partial charge on any atom is -0.464 e. The first-order valence-electron chi connectivity index (χ1n) is 11.8. The lowest BCUT2D eigenvalue weighted by molar-refractivity contribution is -0.133. The molecule has 2 aliphatic rings. The third kappa shape index (κ3) is 4.71. The molecule has 1 fully saturated rings. The van der Waals surface area contributed by atoms with E-state index in [0.29, 0.717) is 13.0 Å². The zero-order valence-corrected chi connectivity index (χ0v) is 20.8. The molecule has 2 aromatic rings. The third-order valence-corrected chi connectivity index (χ3v) is 7.69. The topological polar surface area (TPSA) is 93.5 Å². The molecule has 2 heterocycles. The van der Waals surface area contributed by atoms with Crippen LogP contribution in [-0.2, 0) is 22.5 Å². The molecule has 182 valence electrons. The van der Waals surface area contributed by atoms with Crippen LogP contribution in [-0.4, -0.2) is 63.7 Å². The SMILES string of the molecule is COC(=O)c1ncn2c1C(=O)N(CCc1ccc(SC)cc1)C(C)(C(=O)NC1CCCCC1)C2. The van der Waals surface area contributed by atoms with Gasteiger partial charge in [-0.15, -0.1) is 11.8 Å². The summed E-state index contributed by atoms with van der Waals surface area (Å²) in [4.78, 5) is 46.5. The van der Waals surface area contributed by atoms with E-state index >= 15 is 0 Å². The molecule has 1 aliphatic heterocycles. The van der Waals surface area contributed by atoms with Crippen LogP contribution in [0.4, 0.5) is 0 Å². The zero-order valence-electron chi connectivity index (χ0n) is 20.0. The number of aromatic nitrogens is 2. The molecule has 2 amide bonds. The highest BCUT2D eigenvalue weighted by molar-refractivity contribution is 7.98. The molecule has 1 aromatic heterocycles. The number of nitrogens with zero attached hydrogens (tertiary/aromatic N) is 3. The molecule has 1 N–H and O–H groups in total. The van der Waals surface area contributed by atoms with Crippen LogP contribution in [0.5, 0.6) is 0 Å². The van der Waals surface area contributed by atoms with E-state index in [1.807, 2.05) is 18.4 Å². The highest BCUT2D eigenvalue weighted by atomic mass is 32.2. The van der Waals surface area contributed by atoms with Crippen molar-refractivity contribution in [1.29, 1.82) is 0 Å². The molecule has 34 heavy (non-hydrogen) atoms. The quantitative estimate of drug-likeness (QED) is 0.479. The van der Waals surface area contributed by atoms with Gasteiger partial charge in [0.25, 0.3) is 5.91 Å². The molecular weight excluding hydrogens is 452 g/mol. The third-order valence-electron chi connectivity index (χ3n) is 6.95. The predicted molar refractivity (Wildman–Crippen MR) is 130 cm³/mol. The van der Waals surface area contributed by atoms with Gasteiger partial charge in [-0.2, -0.15) is 0 Å². The maximum Gasteiger partial charge on any atom is 0.359 e. The Labute approximate surface area is 204 Å². The summed E-state index contributed by atoms with van der Waals surface area (Å²) < 4.78 is 6.44. The van der Waals surface area contributed by atoms with Crippen molar-refractivity contribution in [2.75, 3.05) is 19.9 Å². The summed E-state index contributed by atoms with van der Waals surface area (Å²) >= 11 is 1.67. The molecular formula is C25H32N4O4S. The minimum absolute atomic E-state index is 0.0171. The van der Waals surface area contributed by atoms with Crippen molar-refractivity contribution in [3.63, 3.8) is 0 Å². The number of nitrogens with one attached hydrogen (secondary N) is 1. The Morgan fingerprint density at radius 2 is 1.91 bits per heavy atom.